The highest BCUT2D eigenvalue weighted by molar-refractivity contribution is 5.68. The molecule has 1 N–H and O–H groups in total. The number of aliphatic hydroxyl groups is 1. The van der Waals surface area contributed by atoms with Crippen LogP contribution in [0.5, 0.6) is 0 Å². The van der Waals surface area contributed by atoms with Crippen LogP contribution >= 0.6 is 0 Å². The summed E-state index contributed by atoms with van der Waals surface area (Å²) < 4.78 is 5.34. The van der Waals surface area contributed by atoms with Crippen LogP contribution in [-0.2, 0) is 4.74 Å². The van der Waals surface area contributed by atoms with E-state index < -0.39 is 5.60 Å². The zero-order valence-corrected chi connectivity index (χ0v) is 10.3. The summed E-state index contributed by atoms with van der Waals surface area (Å²) in [6.45, 7) is 7.10. The number of nitrogens with zero attached hydrogens (tertiary/aromatic N) is 1. The van der Waals surface area contributed by atoms with Crippen molar-refractivity contribution < 1.29 is 14.6 Å². The van der Waals surface area contributed by atoms with E-state index in [4.69, 9.17) is 4.74 Å². The molecule has 3 unspecified atom stereocenters. The maximum Gasteiger partial charge on any atom is 0.410 e. The average molecular weight is 227 g/mol. The van der Waals surface area contributed by atoms with Crippen LogP contribution in [0.3, 0.4) is 0 Å². The smallest absolute Gasteiger partial charge is 0.410 e. The average Bonchev–Trinajstić information content (AvgIpc) is 2.12. The minimum Gasteiger partial charge on any atom is -0.444 e. The minimum atomic E-state index is -0.424. The predicted octanol–water partition coefficient (Wildman–Crippen LogP) is 1.62. The van der Waals surface area contributed by atoms with Crippen LogP contribution in [0.2, 0.25) is 0 Å². The number of hydrogen-bond acceptors (Lipinski definition) is 3. The lowest BCUT2D eigenvalue weighted by Crippen LogP contribution is -2.54. The topological polar surface area (TPSA) is 49.8 Å². The summed E-state index contributed by atoms with van der Waals surface area (Å²) in [7, 11) is 0. The van der Waals surface area contributed by atoms with Gasteiger partial charge in [-0.05, 0) is 45.4 Å². The second-order valence-corrected chi connectivity index (χ2v) is 5.94. The maximum absolute atomic E-state index is 11.8. The third-order valence-corrected chi connectivity index (χ3v) is 3.48. The molecule has 0 aromatic carbocycles. The van der Waals surface area contributed by atoms with Crippen molar-refractivity contribution >= 4 is 6.09 Å². The van der Waals surface area contributed by atoms with Gasteiger partial charge in [-0.1, -0.05) is 0 Å². The van der Waals surface area contributed by atoms with Crippen molar-refractivity contribution in [3.05, 3.63) is 0 Å². The van der Waals surface area contributed by atoms with Crippen LogP contribution in [-0.4, -0.2) is 40.9 Å². The molecule has 2 aliphatic rings. The highest BCUT2D eigenvalue weighted by atomic mass is 16.6. The molecule has 16 heavy (non-hydrogen) atoms. The number of ether oxygens (including phenoxy) is 1. The Hall–Kier alpha value is -0.770. The fourth-order valence-corrected chi connectivity index (χ4v) is 2.59. The Kier molecular flexibility index (Phi) is 2.86. The van der Waals surface area contributed by atoms with Crippen molar-refractivity contribution in [2.24, 2.45) is 11.8 Å². The highest BCUT2D eigenvalue weighted by Crippen LogP contribution is 2.40. The molecule has 2 rings (SSSR count). The maximum atomic E-state index is 11.8. The zero-order chi connectivity index (χ0) is 11.9. The van der Waals surface area contributed by atoms with E-state index in [0.29, 0.717) is 18.4 Å². The molecule has 1 aliphatic carbocycles. The van der Waals surface area contributed by atoms with Gasteiger partial charge in [-0.2, -0.15) is 0 Å². The Morgan fingerprint density at radius 1 is 1.44 bits per heavy atom. The van der Waals surface area contributed by atoms with Gasteiger partial charge in [-0.15, -0.1) is 0 Å². The quantitative estimate of drug-likeness (QED) is 0.684. The third kappa shape index (κ3) is 2.32. The van der Waals surface area contributed by atoms with E-state index in [2.05, 4.69) is 0 Å². The monoisotopic (exact) mass is 227 g/mol. The van der Waals surface area contributed by atoms with Gasteiger partial charge in [0, 0.05) is 13.1 Å². The van der Waals surface area contributed by atoms with Crippen molar-refractivity contribution in [3.8, 4) is 0 Å². The standard InChI is InChI=1S/C12H21NO3/c1-12(2,3)16-11(15)13-5-4-9-8(7-13)6-10(9)14/h8-10,14H,4-7H2,1-3H3. The second kappa shape index (κ2) is 3.91. The van der Waals surface area contributed by atoms with Crippen LogP contribution in [0.25, 0.3) is 0 Å². The van der Waals surface area contributed by atoms with Crippen molar-refractivity contribution in [3.63, 3.8) is 0 Å². The fourth-order valence-electron chi connectivity index (χ4n) is 2.59. The summed E-state index contributed by atoms with van der Waals surface area (Å²) in [6.07, 6.45) is 1.40. The first-order chi connectivity index (χ1) is 7.37. The molecular weight excluding hydrogens is 206 g/mol. The molecule has 4 nitrogen and oxygen atoms in total. The van der Waals surface area contributed by atoms with E-state index >= 15 is 0 Å². The van der Waals surface area contributed by atoms with E-state index in [1.807, 2.05) is 20.8 Å². The SMILES string of the molecule is CC(C)(C)OC(=O)N1CCC2C(O)CC2C1. The molecule has 1 saturated carbocycles. The summed E-state index contributed by atoms with van der Waals surface area (Å²) in [5.74, 6) is 0.898. The Bertz CT molecular complexity index is 284. The van der Waals surface area contributed by atoms with Crippen LogP contribution in [0.4, 0.5) is 4.79 Å². The lowest BCUT2D eigenvalue weighted by Gasteiger charge is -2.48. The first-order valence-electron chi connectivity index (χ1n) is 6.03. The number of carbonyl (C=O) groups is 1. The second-order valence-electron chi connectivity index (χ2n) is 5.94. The van der Waals surface area contributed by atoms with Crippen LogP contribution in [0.15, 0.2) is 0 Å². The van der Waals surface area contributed by atoms with Gasteiger partial charge < -0.3 is 14.7 Å². The third-order valence-electron chi connectivity index (χ3n) is 3.48. The van der Waals surface area contributed by atoms with Crippen LogP contribution < -0.4 is 0 Å². The molecule has 1 aliphatic heterocycles. The molecule has 0 radical (unpaired) electrons. The van der Waals surface area contributed by atoms with Crippen molar-refractivity contribution in [1.82, 2.24) is 4.90 Å². The van der Waals surface area contributed by atoms with Crippen molar-refractivity contribution in [2.75, 3.05) is 13.1 Å². The van der Waals surface area contributed by atoms with Gasteiger partial charge >= 0.3 is 6.09 Å². The normalized spacial score (nSPS) is 34.0. The summed E-state index contributed by atoms with van der Waals surface area (Å²) >= 11 is 0. The molecule has 4 heteroatoms. The summed E-state index contributed by atoms with van der Waals surface area (Å²) in [4.78, 5) is 13.6. The van der Waals surface area contributed by atoms with E-state index in [1.54, 1.807) is 4.90 Å². The molecule has 0 aromatic heterocycles. The van der Waals surface area contributed by atoms with E-state index in [-0.39, 0.29) is 12.2 Å². The summed E-state index contributed by atoms with van der Waals surface area (Å²) in [5.41, 5.74) is -0.424. The molecule has 1 amide bonds. The molecule has 0 aromatic rings. The number of piperidine rings is 1. The van der Waals surface area contributed by atoms with E-state index in [1.165, 1.54) is 0 Å². The van der Waals surface area contributed by atoms with E-state index in [9.17, 15) is 9.90 Å². The number of fused-ring (bicyclic) bond motifs is 1. The highest BCUT2D eigenvalue weighted by Gasteiger charge is 2.44. The number of rotatable bonds is 0. The van der Waals surface area contributed by atoms with Gasteiger partial charge in [0.1, 0.15) is 5.60 Å². The molecule has 1 saturated heterocycles. The Balaban J connectivity index is 1.86. The van der Waals surface area contributed by atoms with Gasteiger partial charge in [0.05, 0.1) is 6.10 Å². The summed E-state index contributed by atoms with van der Waals surface area (Å²) in [6, 6.07) is 0. The van der Waals surface area contributed by atoms with Gasteiger partial charge in [-0.25, -0.2) is 4.79 Å². The van der Waals surface area contributed by atoms with Gasteiger partial charge in [0.15, 0.2) is 0 Å². The Morgan fingerprint density at radius 2 is 2.12 bits per heavy atom. The predicted molar refractivity (Wildman–Crippen MR) is 60.0 cm³/mol. The summed E-state index contributed by atoms with van der Waals surface area (Å²) in [5, 5.41) is 9.52. The Labute approximate surface area is 96.6 Å². The fraction of sp³-hybridized carbons (Fsp3) is 0.917. The first-order valence-corrected chi connectivity index (χ1v) is 6.03. The number of likely N-dealkylation sites (tertiary alicyclic amines) is 1. The van der Waals surface area contributed by atoms with Gasteiger partial charge in [0.25, 0.3) is 0 Å². The van der Waals surface area contributed by atoms with E-state index in [0.717, 1.165) is 19.4 Å². The molecule has 0 bridgehead atoms. The minimum absolute atomic E-state index is 0.134. The molecule has 3 atom stereocenters. The number of amides is 1. The lowest BCUT2D eigenvalue weighted by atomic mass is 9.67. The largest absolute Gasteiger partial charge is 0.444 e. The molecular formula is C12H21NO3. The lowest BCUT2D eigenvalue weighted by molar-refractivity contribution is -0.0788. The first kappa shape index (κ1) is 11.7. The number of aliphatic hydroxyl groups excluding tert-OH is 1. The van der Waals surface area contributed by atoms with Crippen molar-refractivity contribution in [1.29, 1.82) is 0 Å². The Morgan fingerprint density at radius 3 is 2.62 bits per heavy atom. The zero-order valence-electron chi connectivity index (χ0n) is 10.3. The van der Waals surface area contributed by atoms with Crippen molar-refractivity contribution in [2.45, 2.75) is 45.3 Å². The van der Waals surface area contributed by atoms with Gasteiger partial charge in [-0.3, -0.25) is 0 Å². The van der Waals surface area contributed by atoms with Crippen LogP contribution in [0, 0.1) is 11.8 Å². The van der Waals surface area contributed by atoms with Gasteiger partial charge in [0.2, 0.25) is 0 Å². The number of carbonyl (C=O) groups excluding carboxylic acids is 1. The molecule has 2 fully saturated rings. The molecule has 92 valence electrons. The molecule has 1 heterocycles. The van der Waals surface area contributed by atoms with Crippen LogP contribution in [0.1, 0.15) is 33.6 Å². The number of hydrogen-bond donors (Lipinski definition) is 1. The molecule has 0 spiro atoms.